The molecule has 1 aromatic heterocycles. The number of methoxy groups -OCH3 is 3. The third kappa shape index (κ3) is 3.90. The van der Waals surface area contributed by atoms with Crippen LogP contribution in [0.4, 0.5) is 11.5 Å². The largest absolute Gasteiger partial charge is 0.495 e. The quantitative estimate of drug-likeness (QED) is 0.408. The van der Waals surface area contributed by atoms with E-state index in [1.807, 2.05) is 30.3 Å². The molecule has 0 atom stereocenters. The fraction of sp³-hybridized carbons (Fsp3) is 0.211. The predicted octanol–water partition coefficient (Wildman–Crippen LogP) is 4.57. The summed E-state index contributed by atoms with van der Waals surface area (Å²) in [5.41, 5.74) is 1.45. The second-order valence-corrected chi connectivity index (χ2v) is 6.26. The molecule has 3 aromatic rings. The van der Waals surface area contributed by atoms with Gasteiger partial charge in [0.15, 0.2) is 11.4 Å². The zero-order valence-corrected chi connectivity index (χ0v) is 16.2. The third-order valence-electron chi connectivity index (χ3n) is 3.86. The molecule has 8 heteroatoms. The van der Waals surface area contributed by atoms with Gasteiger partial charge in [0.05, 0.1) is 32.4 Å². The molecule has 3 rings (SSSR count). The first-order chi connectivity index (χ1) is 13.2. The van der Waals surface area contributed by atoms with Crippen molar-refractivity contribution in [3.63, 3.8) is 0 Å². The minimum absolute atomic E-state index is 0.580. The van der Waals surface area contributed by atoms with Gasteiger partial charge in [-0.15, -0.1) is 6.58 Å². The molecule has 0 bridgehead atoms. The topological polar surface area (TPSA) is 77.8 Å². The van der Waals surface area contributed by atoms with Crippen molar-refractivity contribution < 1.29 is 18.7 Å². The first kappa shape index (κ1) is 18.8. The van der Waals surface area contributed by atoms with Crippen LogP contribution in [0.3, 0.4) is 0 Å². The molecule has 142 valence electrons. The number of anilines is 2. The van der Waals surface area contributed by atoms with E-state index < -0.39 is 0 Å². The fourth-order valence-corrected chi connectivity index (χ4v) is 3.39. The summed E-state index contributed by atoms with van der Waals surface area (Å²) in [5, 5.41) is 8.14. The van der Waals surface area contributed by atoms with Crippen LogP contribution in [0.1, 0.15) is 0 Å². The van der Waals surface area contributed by atoms with Crippen LogP contribution < -0.4 is 24.2 Å². The van der Waals surface area contributed by atoms with Crippen LogP contribution in [-0.2, 0) is 0 Å². The Hall–Kier alpha value is -3.00. The van der Waals surface area contributed by atoms with E-state index in [1.54, 1.807) is 27.4 Å². The normalized spacial score (nSPS) is 10.5. The summed E-state index contributed by atoms with van der Waals surface area (Å²) in [6.45, 7) is 4.32. The number of hydrogen-bond donors (Lipinski definition) is 2. The lowest BCUT2D eigenvalue weighted by Crippen LogP contribution is -2.00. The molecule has 0 spiro atoms. The highest BCUT2D eigenvalue weighted by molar-refractivity contribution is 8.00. The standard InChI is InChI=1S/C19H21N3O4S/c1-5-9-20-13-11-16-12(10-17(13)25-4)19(21-26-16)22-27-18-14(23-2)7-6-8-15(18)24-3/h5-8,10-11,20H,1,9H2,2-4H3,(H,21,22). The van der Waals surface area contributed by atoms with E-state index in [1.165, 1.54) is 11.9 Å². The van der Waals surface area contributed by atoms with Crippen LogP contribution in [-0.4, -0.2) is 33.0 Å². The van der Waals surface area contributed by atoms with Gasteiger partial charge in [0.2, 0.25) is 0 Å². The maximum absolute atomic E-state index is 5.47. The fourth-order valence-electron chi connectivity index (χ4n) is 2.54. The Morgan fingerprint density at radius 3 is 2.44 bits per heavy atom. The molecule has 27 heavy (non-hydrogen) atoms. The van der Waals surface area contributed by atoms with Crippen LogP contribution in [0.2, 0.25) is 0 Å². The molecule has 2 aromatic carbocycles. The number of fused-ring (bicyclic) bond motifs is 1. The van der Waals surface area contributed by atoms with Gasteiger partial charge in [0.25, 0.3) is 0 Å². The molecular formula is C19H21N3O4S. The van der Waals surface area contributed by atoms with Crippen LogP contribution in [0.15, 0.2) is 52.4 Å². The van der Waals surface area contributed by atoms with Crippen molar-refractivity contribution in [3.05, 3.63) is 43.0 Å². The van der Waals surface area contributed by atoms with E-state index in [0.29, 0.717) is 35.2 Å². The van der Waals surface area contributed by atoms with Gasteiger partial charge >= 0.3 is 0 Å². The van der Waals surface area contributed by atoms with Crippen LogP contribution in [0.25, 0.3) is 11.0 Å². The van der Waals surface area contributed by atoms with Crippen LogP contribution in [0.5, 0.6) is 17.2 Å². The zero-order valence-electron chi connectivity index (χ0n) is 15.4. The highest BCUT2D eigenvalue weighted by Gasteiger charge is 2.16. The minimum atomic E-state index is 0.580. The first-order valence-corrected chi connectivity index (χ1v) is 8.99. The molecule has 0 unspecified atom stereocenters. The highest BCUT2D eigenvalue weighted by Crippen LogP contribution is 2.40. The summed E-state index contributed by atoms with van der Waals surface area (Å²) >= 11 is 1.33. The highest BCUT2D eigenvalue weighted by atomic mass is 32.2. The number of ether oxygens (including phenoxy) is 3. The molecule has 0 aliphatic rings. The van der Waals surface area contributed by atoms with Crippen molar-refractivity contribution in [3.8, 4) is 17.2 Å². The first-order valence-electron chi connectivity index (χ1n) is 8.17. The van der Waals surface area contributed by atoms with E-state index in [2.05, 4.69) is 21.8 Å². The molecule has 0 radical (unpaired) electrons. The Balaban J connectivity index is 1.89. The third-order valence-corrected chi connectivity index (χ3v) is 4.76. The number of nitrogens with one attached hydrogen (secondary N) is 2. The second kappa shape index (κ2) is 8.59. The average Bonchev–Trinajstić information content (AvgIpc) is 3.11. The van der Waals surface area contributed by atoms with Crippen molar-refractivity contribution >= 4 is 34.4 Å². The lowest BCUT2D eigenvalue weighted by atomic mass is 10.2. The van der Waals surface area contributed by atoms with Gasteiger partial charge in [-0.25, -0.2) is 0 Å². The summed E-state index contributed by atoms with van der Waals surface area (Å²) in [6, 6.07) is 9.34. The molecule has 0 amide bonds. The maximum atomic E-state index is 5.47. The van der Waals surface area contributed by atoms with Crippen molar-refractivity contribution in [2.24, 2.45) is 0 Å². The van der Waals surface area contributed by atoms with Gasteiger partial charge in [-0.3, -0.25) is 0 Å². The monoisotopic (exact) mass is 387 g/mol. The van der Waals surface area contributed by atoms with Gasteiger partial charge in [0, 0.05) is 12.6 Å². The molecule has 0 aliphatic carbocycles. The number of nitrogens with zero attached hydrogens (tertiary/aromatic N) is 1. The molecule has 0 saturated carbocycles. The SMILES string of the molecule is C=CCNc1cc2onc(NSc3c(OC)cccc3OC)c2cc1OC. The summed E-state index contributed by atoms with van der Waals surface area (Å²) in [7, 11) is 4.86. The molecule has 7 nitrogen and oxygen atoms in total. The predicted molar refractivity (Wildman–Crippen MR) is 108 cm³/mol. The Morgan fingerprint density at radius 2 is 1.81 bits per heavy atom. The lowest BCUT2D eigenvalue weighted by Gasteiger charge is -2.12. The van der Waals surface area contributed by atoms with E-state index >= 15 is 0 Å². The smallest absolute Gasteiger partial charge is 0.187 e. The molecule has 0 saturated heterocycles. The van der Waals surface area contributed by atoms with Gasteiger partial charge < -0.3 is 28.8 Å². The Labute approximate surface area is 161 Å². The van der Waals surface area contributed by atoms with Crippen LogP contribution in [0, 0.1) is 0 Å². The van der Waals surface area contributed by atoms with Crippen molar-refractivity contribution in [1.82, 2.24) is 5.16 Å². The van der Waals surface area contributed by atoms with E-state index in [9.17, 15) is 0 Å². The maximum Gasteiger partial charge on any atom is 0.187 e. The lowest BCUT2D eigenvalue weighted by molar-refractivity contribution is 0.376. The van der Waals surface area contributed by atoms with Crippen molar-refractivity contribution in [2.75, 3.05) is 37.9 Å². The summed E-state index contributed by atoms with van der Waals surface area (Å²) < 4.78 is 25.0. The van der Waals surface area contributed by atoms with E-state index in [4.69, 9.17) is 18.7 Å². The molecule has 0 aliphatic heterocycles. The minimum Gasteiger partial charge on any atom is -0.495 e. The molecule has 0 fully saturated rings. The molecular weight excluding hydrogens is 366 g/mol. The Kier molecular flexibility index (Phi) is 5.97. The van der Waals surface area contributed by atoms with Gasteiger partial charge in [-0.05, 0) is 30.1 Å². The zero-order chi connectivity index (χ0) is 19.2. The summed E-state index contributed by atoms with van der Waals surface area (Å²) in [4.78, 5) is 0.815. The number of rotatable bonds is 9. The second-order valence-electron chi connectivity index (χ2n) is 5.45. The summed E-state index contributed by atoms with van der Waals surface area (Å²) in [5.74, 6) is 2.67. The Morgan fingerprint density at radius 1 is 1.11 bits per heavy atom. The molecule has 1 heterocycles. The van der Waals surface area contributed by atoms with Crippen molar-refractivity contribution in [1.29, 1.82) is 0 Å². The Bertz CT molecular complexity index is 920. The van der Waals surface area contributed by atoms with Gasteiger partial charge in [-0.2, -0.15) is 0 Å². The number of aromatic nitrogens is 1. The van der Waals surface area contributed by atoms with Gasteiger partial charge in [-0.1, -0.05) is 17.3 Å². The average molecular weight is 387 g/mol. The van der Waals surface area contributed by atoms with Crippen molar-refractivity contribution in [2.45, 2.75) is 4.90 Å². The number of hydrogen-bond acceptors (Lipinski definition) is 8. The van der Waals surface area contributed by atoms with E-state index in [0.717, 1.165) is 16.0 Å². The molecule has 2 N–H and O–H groups in total. The summed E-state index contributed by atoms with van der Waals surface area (Å²) in [6.07, 6.45) is 1.77. The number of benzene rings is 2. The van der Waals surface area contributed by atoms with Crippen LogP contribution >= 0.6 is 11.9 Å². The van der Waals surface area contributed by atoms with E-state index in [-0.39, 0.29) is 0 Å². The van der Waals surface area contributed by atoms with Gasteiger partial charge in [0.1, 0.15) is 22.1 Å².